The maximum Gasteiger partial charge on any atom is 0.437 e. The molecule has 0 radical (unpaired) electrons. The Morgan fingerprint density at radius 1 is 1.10 bits per heavy atom. The van der Waals surface area contributed by atoms with Crippen molar-refractivity contribution >= 4 is 40.0 Å². The summed E-state index contributed by atoms with van der Waals surface area (Å²) in [7, 11) is 0. The normalized spacial score (nSPS) is 11.0. The fraction of sp³-hybridized carbons (Fsp3) is 0.105. The van der Waals surface area contributed by atoms with Crippen LogP contribution in [0, 0.1) is 6.92 Å². The lowest BCUT2D eigenvalue weighted by molar-refractivity contribution is 0.102. The summed E-state index contributed by atoms with van der Waals surface area (Å²) >= 11 is 1.15. The smallest absolute Gasteiger partial charge is 0.384 e. The fourth-order valence-electron chi connectivity index (χ4n) is 2.28. The van der Waals surface area contributed by atoms with Gasteiger partial charge in [-0.2, -0.15) is 0 Å². The third kappa shape index (κ3) is 6.11. The van der Waals surface area contributed by atoms with Gasteiger partial charge < -0.3 is 5.73 Å². The molecular weight excluding hydrogens is 392 g/mol. The van der Waals surface area contributed by atoms with Crippen molar-refractivity contribution in [2.45, 2.75) is 13.3 Å². The Morgan fingerprint density at radius 3 is 2.66 bits per heavy atom. The molecule has 148 valence electrons. The number of nitrogens with two attached hydrogens (primary N) is 1. The number of rotatable bonds is 6. The standard InChI is InChI=1S/C19H18N6O3S/c1-12-6-5-7-13(10-12)17(26)22-18-24-23-16(29-18)11-15(20)25-28-19(27)21-14-8-3-2-4-9-14/h2-10H,11H2,1H3,(H2,20,25)(H,21,27)(H,22,24,26). The molecule has 9 nitrogen and oxygen atoms in total. The van der Waals surface area contributed by atoms with Gasteiger partial charge in [0.05, 0.1) is 6.42 Å². The molecule has 0 bridgehead atoms. The number of oxime groups is 1. The zero-order valence-electron chi connectivity index (χ0n) is 15.5. The third-order valence-electron chi connectivity index (χ3n) is 3.57. The number of aryl methyl sites for hydroxylation is 1. The minimum atomic E-state index is -0.762. The van der Waals surface area contributed by atoms with Crippen molar-refractivity contribution in [1.82, 2.24) is 10.2 Å². The quantitative estimate of drug-likeness (QED) is 0.247. The second-order valence-corrected chi connectivity index (χ2v) is 7.02. The molecule has 4 N–H and O–H groups in total. The lowest BCUT2D eigenvalue weighted by Gasteiger charge is -2.02. The highest BCUT2D eigenvalue weighted by Gasteiger charge is 2.12. The molecule has 10 heteroatoms. The van der Waals surface area contributed by atoms with Gasteiger partial charge in [0, 0.05) is 11.3 Å². The largest absolute Gasteiger partial charge is 0.437 e. The summed E-state index contributed by atoms with van der Waals surface area (Å²) in [6.07, 6.45) is -0.640. The van der Waals surface area contributed by atoms with E-state index >= 15 is 0 Å². The van der Waals surface area contributed by atoms with Crippen LogP contribution in [0.3, 0.4) is 0 Å². The second-order valence-electron chi connectivity index (χ2n) is 5.95. The average molecular weight is 410 g/mol. The minimum Gasteiger partial charge on any atom is -0.384 e. The van der Waals surface area contributed by atoms with Gasteiger partial charge in [-0.15, -0.1) is 10.2 Å². The van der Waals surface area contributed by atoms with Gasteiger partial charge in [0.1, 0.15) is 10.8 Å². The molecule has 0 atom stereocenters. The number of carbonyl (C=O) groups is 2. The molecule has 1 heterocycles. The van der Waals surface area contributed by atoms with Crippen molar-refractivity contribution in [3.63, 3.8) is 0 Å². The van der Waals surface area contributed by atoms with Crippen molar-refractivity contribution in [2.75, 3.05) is 10.6 Å². The van der Waals surface area contributed by atoms with Crippen LogP contribution in [0.4, 0.5) is 15.6 Å². The highest BCUT2D eigenvalue weighted by molar-refractivity contribution is 7.15. The molecular formula is C19H18N6O3S. The Bertz CT molecular complexity index is 1040. The van der Waals surface area contributed by atoms with E-state index in [1.54, 1.807) is 42.5 Å². The molecule has 0 saturated heterocycles. The second kappa shape index (κ2) is 9.42. The van der Waals surface area contributed by atoms with Gasteiger partial charge in [-0.1, -0.05) is 52.4 Å². The van der Waals surface area contributed by atoms with Crippen molar-refractivity contribution in [1.29, 1.82) is 0 Å². The number of aromatic nitrogens is 2. The predicted octanol–water partition coefficient (Wildman–Crippen LogP) is 3.16. The van der Waals surface area contributed by atoms with Crippen molar-refractivity contribution < 1.29 is 14.4 Å². The van der Waals surface area contributed by atoms with E-state index in [1.807, 2.05) is 19.1 Å². The van der Waals surface area contributed by atoms with Crippen LogP contribution in [0.1, 0.15) is 20.9 Å². The molecule has 29 heavy (non-hydrogen) atoms. The Labute approximate surface area is 170 Å². The van der Waals surface area contributed by atoms with Gasteiger partial charge in [-0.25, -0.2) is 4.79 Å². The van der Waals surface area contributed by atoms with Crippen LogP contribution in [0.15, 0.2) is 59.8 Å². The van der Waals surface area contributed by atoms with Gasteiger partial charge in [-0.3, -0.25) is 20.3 Å². The summed E-state index contributed by atoms with van der Waals surface area (Å²) in [4.78, 5) is 28.6. The summed E-state index contributed by atoms with van der Waals surface area (Å²) in [6.45, 7) is 1.91. The van der Waals surface area contributed by atoms with E-state index in [0.29, 0.717) is 21.4 Å². The van der Waals surface area contributed by atoms with Gasteiger partial charge >= 0.3 is 6.09 Å². The summed E-state index contributed by atoms with van der Waals surface area (Å²) in [5, 5.41) is 17.5. The third-order valence-corrected chi connectivity index (χ3v) is 4.40. The lowest BCUT2D eigenvalue weighted by atomic mass is 10.1. The average Bonchev–Trinajstić information content (AvgIpc) is 3.14. The first-order chi connectivity index (χ1) is 14.0. The van der Waals surface area contributed by atoms with Crippen LogP contribution >= 0.6 is 11.3 Å². The molecule has 2 aromatic carbocycles. The number of amides is 2. The molecule has 0 unspecified atom stereocenters. The molecule has 0 aliphatic rings. The molecule has 0 aliphatic heterocycles. The summed E-state index contributed by atoms with van der Waals surface area (Å²) in [5.74, 6) is -0.236. The van der Waals surface area contributed by atoms with E-state index in [2.05, 4.69) is 26.0 Å². The van der Waals surface area contributed by atoms with E-state index in [1.165, 1.54) is 0 Å². The number of benzene rings is 2. The van der Waals surface area contributed by atoms with Crippen LogP contribution in [0.2, 0.25) is 0 Å². The fourth-order valence-corrected chi connectivity index (χ4v) is 3.03. The van der Waals surface area contributed by atoms with Crippen LogP contribution in [-0.2, 0) is 11.3 Å². The molecule has 0 saturated carbocycles. The first kappa shape index (κ1) is 20.0. The first-order valence-electron chi connectivity index (χ1n) is 8.55. The predicted molar refractivity (Wildman–Crippen MR) is 111 cm³/mol. The van der Waals surface area contributed by atoms with Crippen molar-refractivity contribution in [3.05, 3.63) is 70.7 Å². The van der Waals surface area contributed by atoms with Gasteiger partial charge in [0.2, 0.25) is 5.13 Å². The summed E-state index contributed by atoms with van der Waals surface area (Å²) in [6, 6.07) is 16.0. The van der Waals surface area contributed by atoms with Crippen LogP contribution in [0.25, 0.3) is 0 Å². The van der Waals surface area contributed by atoms with Crippen LogP contribution in [-0.4, -0.2) is 28.0 Å². The molecule has 0 fully saturated rings. The Kier molecular flexibility index (Phi) is 6.48. The molecule has 2 amide bonds. The molecule has 0 spiro atoms. The maximum atomic E-state index is 12.2. The maximum absolute atomic E-state index is 12.2. The van der Waals surface area contributed by atoms with Crippen molar-refractivity contribution in [2.24, 2.45) is 10.9 Å². The van der Waals surface area contributed by atoms with Gasteiger partial charge in [-0.05, 0) is 31.2 Å². The minimum absolute atomic E-state index is 0.0425. The number of carbonyl (C=O) groups excluding carboxylic acids is 2. The summed E-state index contributed by atoms with van der Waals surface area (Å²) in [5.41, 5.74) is 7.85. The molecule has 1 aromatic heterocycles. The van der Waals surface area contributed by atoms with E-state index in [0.717, 1.165) is 16.9 Å². The molecule has 3 aromatic rings. The topological polar surface area (TPSA) is 132 Å². The number of anilines is 2. The number of hydrogen-bond donors (Lipinski definition) is 3. The number of nitrogens with zero attached hydrogens (tertiary/aromatic N) is 3. The number of nitrogens with one attached hydrogen (secondary N) is 2. The Morgan fingerprint density at radius 2 is 1.90 bits per heavy atom. The zero-order chi connectivity index (χ0) is 20.6. The van der Waals surface area contributed by atoms with Crippen LogP contribution < -0.4 is 16.4 Å². The molecule has 0 aliphatic carbocycles. The number of para-hydroxylation sites is 1. The monoisotopic (exact) mass is 410 g/mol. The lowest BCUT2D eigenvalue weighted by Crippen LogP contribution is -2.18. The van der Waals surface area contributed by atoms with Crippen molar-refractivity contribution in [3.8, 4) is 0 Å². The van der Waals surface area contributed by atoms with Crippen LogP contribution in [0.5, 0.6) is 0 Å². The zero-order valence-corrected chi connectivity index (χ0v) is 16.3. The Hall–Kier alpha value is -3.79. The molecule has 3 rings (SSSR count). The highest BCUT2D eigenvalue weighted by Crippen LogP contribution is 2.17. The number of hydrogen-bond acceptors (Lipinski definition) is 7. The van der Waals surface area contributed by atoms with E-state index in [-0.39, 0.29) is 18.2 Å². The first-order valence-corrected chi connectivity index (χ1v) is 9.37. The Balaban J connectivity index is 1.51. The number of amidine groups is 1. The van der Waals surface area contributed by atoms with Gasteiger partial charge in [0.15, 0.2) is 0 Å². The van der Waals surface area contributed by atoms with E-state index < -0.39 is 6.09 Å². The summed E-state index contributed by atoms with van der Waals surface area (Å²) < 4.78 is 0. The highest BCUT2D eigenvalue weighted by atomic mass is 32.1. The van der Waals surface area contributed by atoms with Gasteiger partial charge in [0.25, 0.3) is 5.91 Å². The SMILES string of the molecule is Cc1cccc(C(=O)Nc2nnc(CC(N)=NOC(=O)Nc3ccccc3)s2)c1. The van der Waals surface area contributed by atoms with E-state index in [4.69, 9.17) is 10.6 Å². The van der Waals surface area contributed by atoms with E-state index in [9.17, 15) is 9.59 Å².